The van der Waals surface area contributed by atoms with Crippen LogP contribution in [0.4, 0.5) is 0 Å². The zero-order valence-electron chi connectivity index (χ0n) is 16.6. The molecule has 2 fully saturated rings. The van der Waals surface area contributed by atoms with Crippen molar-refractivity contribution in [3.05, 3.63) is 64.3 Å². The summed E-state index contributed by atoms with van der Waals surface area (Å²) in [6.07, 6.45) is 2.20. The van der Waals surface area contributed by atoms with Gasteiger partial charge in [0.05, 0.1) is 15.7 Å². The molecule has 1 saturated heterocycles. The highest BCUT2D eigenvalue weighted by molar-refractivity contribution is 7.91. The minimum atomic E-state index is -3.59. The molecule has 0 unspecified atom stereocenters. The van der Waals surface area contributed by atoms with Crippen LogP contribution in [-0.4, -0.2) is 59.5 Å². The van der Waals surface area contributed by atoms with Gasteiger partial charge in [-0.25, -0.2) is 13.1 Å². The Kier molecular flexibility index (Phi) is 5.37. The van der Waals surface area contributed by atoms with Crippen LogP contribution in [0.2, 0.25) is 4.34 Å². The van der Waals surface area contributed by atoms with Crippen molar-refractivity contribution in [1.82, 2.24) is 19.0 Å². The molecule has 0 atom stereocenters. The largest absolute Gasteiger partial charge is 0.335 e. The van der Waals surface area contributed by atoms with Gasteiger partial charge in [0.1, 0.15) is 9.90 Å². The average molecular weight is 477 g/mol. The van der Waals surface area contributed by atoms with Crippen molar-refractivity contribution >= 4 is 38.9 Å². The van der Waals surface area contributed by atoms with Crippen molar-refractivity contribution in [2.45, 2.75) is 23.0 Å². The molecule has 5 rings (SSSR count). The van der Waals surface area contributed by atoms with E-state index in [0.29, 0.717) is 29.0 Å². The molecule has 1 saturated carbocycles. The van der Waals surface area contributed by atoms with Gasteiger partial charge in [0.15, 0.2) is 0 Å². The number of carbonyl (C=O) groups excluding carboxylic acids is 1. The molecular weight excluding hydrogens is 456 g/mol. The third-order valence-electron chi connectivity index (χ3n) is 5.61. The quantitative estimate of drug-likeness (QED) is 0.563. The van der Waals surface area contributed by atoms with Crippen LogP contribution < -0.4 is 0 Å². The number of piperazine rings is 1. The summed E-state index contributed by atoms with van der Waals surface area (Å²) in [7, 11) is -3.59. The molecule has 0 bridgehead atoms. The van der Waals surface area contributed by atoms with Crippen LogP contribution in [0.3, 0.4) is 0 Å². The Morgan fingerprint density at radius 3 is 2.35 bits per heavy atom. The maximum Gasteiger partial charge on any atom is 0.272 e. The topological polar surface area (TPSA) is 75.5 Å². The molecule has 1 aromatic carbocycles. The molecule has 3 heterocycles. The first-order valence-corrected chi connectivity index (χ1v) is 12.8. The number of thiophene rings is 1. The van der Waals surface area contributed by atoms with E-state index in [4.69, 9.17) is 16.7 Å². The highest BCUT2D eigenvalue weighted by Gasteiger charge is 2.34. The van der Waals surface area contributed by atoms with E-state index in [2.05, 4.69) is 0 Å². The fourth-order valence-electron chi connectivity index (χ4n) is 3.75. The third kappa shape index (κ3) is 4.03. The normalized spacial score (nSPS) is 17.8. The van der Waals surface area contributed by atoms with Crippen molar-refractivity contribution in [3.63, 3.8) is 0 Å². The molecule has 2 aromatic heterocycles. The van der Waals surface area contributed by atoms with Gasteiger partial charge in [0.25, 0.3) is 15.9 Å². The van der Waals surface area contributed by atoms with Crippen LogP contribution in [0.25, 0.3) is 5.69 Å². The number of amides is 1. The predicted octanol–water partition coefficient (Wildman–Crippen LogP) is 3.61. The molecule has 0 spiro atoms. The molecule has 2 aliphatic rings. The molecular formula is C21H21ClN4O3S2. The first-order chi connectivity index (χ1) is 14.9. The molecule has 7 nitrogen and oxygen atoms in total. The maximum atomic E-state index is 13.4. The number of para-hydroxylation sites is 1. The van der Waals surface area contributed by atoms with E-state index in [0.717, 1.165) is 35.6 Å². The summed E-state index contributed by atoms with van der Waals surface area (Å²) in [4.78, 5) is 15.1. The van der Waals surface area contributed by atoms with Gasteiger partial charge in [0, 0.05) is 32.1 Å². The van der Waals surface area contributed by atoms with E-state index >= 15 is 0 Å². The number of halogens is 1. The molecule has 162 valence electrons. The lowest BCUT2D eigenvalue weighted by Crippen LogP contribution is -2.50. The molecule has 31 heavy (non-hydrogen) atoms. The van der Waals surface area contributed by atoms with Gasteiger partial charge < -0.3 is 4.90 Å². The first-order valence-electron chi connectivity index (χ1n) is 10.1. The molecule has 1 aliphatic heterocycles. The van der Waals surface area contributed by atoms with Crippen LogP contribution in [-0.2, 0) is 10.0 Å². The molecule has 10 heteroatoms. The summed E-state index contributed by atoms with van der Waals surface area (Å²) in [5, 5.41) is 4.71. The number of nitrogens with zero attached hydrogens (tertiary/aromatic N) is 4. The molecule has 3 aromatic rings. The number of hydrogen-bond acceptors (Lipinski definition) is 5. The second-order valence-electron chi connectivity index (χ2n) is 7.73. The van der Waals surface area contributed by atoms with Gasteiger partial charge in [0.2, 0.25) is 0 Å². The zero-order valence-corrected chi connectivity index (χ0v) is 19.0. The average Bonchev–Trinajstić information content (AvgIpc) is 3.38. The van der Waals surface area contributed by atoms with Crippen LogP contribution in [0, 0.1) is 0 Å². The van der Waals surface area contributed by atoms with Crippen LogP contribution in [0.5, 0.6) is 0 Å². The second kappa shape index (κ2) is 8.05. The molecule has 1 aliphatic carbocycles. The number of hydrogen-bond donors (Lipinski definition) is 0. The van der Waals surface area contributed by atoms with E-state index in [9.17, 15) is 13.2 Å². The minimum Gasteiger partial charge on any atom is -0.335 e. The van der Waals surface area contributed by atoms with Gasteiger partial charge in [-0.3, -0.25) is 4.79 Å². The molecule has 0 radical (unpaired) electrons. The van der Waals surface area contributed by atoms with E-state index in [1.165, 1.54) is 10.4 Å². The van der Waals surface area contributed by atoms with Gasteiger partial charge in [-0.05, 0) is 43.2 Å². The first kappa shape index (κ1) is 20.7. The third-order valence-corrected chi connectivity index (χ3v) is 9.21. The van der Waals surface area contributed by atoms with Crippen molar-refractivity contribution in [2.75, 3.05) is 26.2 Å². The molecule has 1 amide bonds. The standard InChI is InChI=1S/C21H21ClN4O3S2/c22-19-8-9-20(30-19)31(28,29)25-12-10-24(11-13-25)21(27)18-14-17(15-6-7-15)23-26(18)16-4-2-1-3-5-16/h1-5,8-9,14-15H,6-7,10-13H2. The summed E-state index contributed by atoms with van der Waals surface area (Å²) in [6, 6.07) is 14.6. The van der Waals surface area contributed by atoms with Crippen molar-refractivity contribution in [3.8, 4) is 5.69 Å². The fraction of sp³-hybridized carbons (Fsp3) is 0.333. The minimum absolute atomic E-state index is 0.125. The fourth-order valence-corrected chi connectivity index (χ4v) is 6.81. The smallest absolute Gasteiger partial charge is 0.272 e. The van der Waals surface area contributed by atoms with Gasteiger partial charge in [-0.15, -0.1) is 11.3 Å². The Morgan fingerprint density at radius 1 is 1.03 bits per heavy atom. The lowest BCUT2D eigenvalue weighted by atomic mass is 10.2. The van der Waals surface area contributed by atoms with Gasteiger partial charge in [-0.1, -0.05) is 29.8 Å². The Bertz CT molecular complexity index is 1210. The van der Waals surface area contributed by atoms with E-state index in [1.807, 2.05) is 36.4 Å². The Labute approximate surface area is 189 Å². The van der Waals surface area contributed by atoms with Crippen molar-refractivity contribution in [1.29, 1.82) is 0 Å². The summed E-state index contributed by atoms with van der Waals surface area (Å²) in [5.74, 6) is 0.301. The van der Waals surface area contributed by atoms with E-state index in [-0.39, 0.29) is 23.2 Å². The Hall–Kier alpha value is -2.20. The highest BCUT2D eigenvalue weighted by atomic mass is 35.5. The lowest BCUT2D eigenvalue weighted by molar-refractivity contribution is 0.0689. The van der Waals surface area contributed by atoms with Gasteiger partial charge in [-0.2, -0.15) is 9.40 Å². The van der Waals surface area contributed by atoms with Gasteiger partial charge >= 0.3 is 0 Å². The summed E-state index contributed by atoms with van der Waals surface area (Å²) < 4.78 is 29.5. The summed E-state index contributed by atoms with van der Waals surface area (Å²) in [5.41, 5.74) is 2.31. The van der Waals surface area contributed by atoms with Crippen LogP contribution >= 0.6 is 22.9 Å². The summed E-state index contributed by atoms with van der Waals surface area (Å²) >= 11 is 6.95. The lowest BCUT2D eigenvalue weighted by Gasteiger charge is -2.33. The van der Waals surface area contributed by atoms with Crippen LogP contribution in [0.1, 0.15) is 34.9 Å². The molecule has 0 N–H and O–H groups in total. The Morgan fingerprint density at radius 2 is 1.74 bits per heavy atom. The SMILES string of the molecule is O=C(c1cc(C2CC2)nn1-c1ccccc1)N1CCN(S(=O)(=O)c2ccc(Cl)s2)CC1. The van der Waals surface area contributed by atoms with E-state index < -0.39 is 10.0 Å². The number of sulfonamides is 1. The predicted molar refractivity (Wildman–Crippen MR) is 120 cm³/mol. The maximum absolute atomic E-state index is 13.4. The number of carbonyl (C=O) groups is 1. The summed E-state index contributed by atoms with van der Waals surface area (Å²) in [6.45, 7) is 1.16. The zero-order chi connectivity index (χ0) is 21.6. The highest BCUT2D eigenvalue weighted by Crippen LogP contribution is 2.40. The Balaban J connectivity index is 1.35. The number of benzene rings is 1. The van der Waals surface area contributed by atoms with E-state index in [1.54, 1.807) is 15.6 Å². The van der Waals surface area contributed by atoms with Crippen LogP contribution in [0.15, 0.2) is 52.7 Å². The monoisotopic (exact) mass is 476 g/mol. The van der Waals surface area contributed by atoms with Crippen molar-refractivity contribution in [2.24, 2.45) is 0 Å². The van der Waals surface area contributed by atoms with Crippen molar-refractivity contribution < 1.29 is 13.2 Å². The number of rotatable bonds is 5. The second-order valence-corrected chi connectivity index (χ2v) is 11.6. The number of aromatic nitrogens is 2.